The molecule has 0 heterocycles. The van der Waals surface area contributed by atoms with E-state index in [1.54, 1.807) is 0 Å². The SMILES string of the molecule is CO[Si](C)(C)CCCCCCCCNCC(O[Si](C(C)C)(C(C)C)C(C)C)C(=O)O. The molecule has 0 rings (SSSR count). The van der Waals surface area contributed by atoms with Gasteiger partial charge in [-0.15, -0.1) is 0 Å². The van der Waals surface area contributed by atoms with E-state index in [2.05, 4.69) is 60.0 Å². The molecule has 0 aromatic rings. The molecule has 0 spiro atoms. The van der Waals surface area contributed by atoms with Gasteiger partial charge < -0.3 is 19.3 Å². The second kappa shape index (κ2) is 14.8. The van der Waals surface area contributed by atoms with Crippen molar-refractivity contribution in [1.29, 1.82) is 0 Å². The van der Waals surface area contributed by atoms with Crippen LogP contribution in [0, 0.1) is 0 Å². The summed E-state index contributed by atoms with van der Waals surface area (Å²) in [7, 11) is -1.74. The van der Waals surface area contributed by atoms with Crippen molar-refractivity contribution < 1.29 is 18.8 Å². The first-order chi connectivity index (χ1) is 13.9. The van der Waals surface area contributed by atoms with Crippen LogP contribution in [0.5, 0.6) is 0 Å². The number of unbranched alkanes of at least 4 members (excludes halogenated alkanes) is 5. The van der Waals surface area contributed by atoms with E-state index in [1.807, 2.05) is 7.11 Å². The van der Waals surface area contributed by atoms with E-state index in [9.17, 15) is 9.90 Å². The lowest BCUT2D eigenvalue weighted by molar-refractivity contribution is -0.145. The molecule has 0 bridgehead atoms. The summed E-state index contributed by atoms with van der Waals surface area (Å²) in [4.78, 5) is 11.9. The molecule has 0 radical (unpaired) electrons. The van der Waals surface area contributed by atoms with Crippen LogP contribution in [-0.4, -0.2) is 54.0 Å². The van der Waals surface area contributed by atoms with Crippen molar-refractivity contribution in [3.63, 3.8) is 0 Å². The Morgan fingerprint density at radius 3 is 1.77 bits per heavy atom. The number of aliphatic carboxylic acids is 1. The van der Waals surface area contributed by atoms with Crippen molar-refractivity contribution in [3.8, 4) is 0 Å². The summed E-state index contributed by atoms with van der Waals surface area (Å²) >= 11 is 0. The van der Waals surface area contributed by atoms with E-state index in [0.717, 1.165) is 13.0 Å². The summed E-state index contributed by atoms with van der Waals surface area (Å²) < 4.78 is 12.1. The van der Waals surface area contributed by atoms with Crippen molar-refractivity contribution >= 4 is 22.6 Å². The smallest absolute Gasteiger partial charge is 0.332 e. The highest BCUT2D eigenvalue weighted by molar-refractivity contribution is 6.77. The summed E-state index contributed by atoms with van der Waals surface area (Å²) in [5.41, 5.74) is 1.16. The second-order valence-electron chi connectivity index (χ2n) is 10.3. The van der Waals surface area contributed by atoms with E-state index in [0.29, 0.717) is 23.2 Å². The van der Waals surface area contributed by atoms with Crippen molar-refractivity contribution in [2.24, 2.45) is 0 Å². The van der Waals surface area contributed by atoms with E-state index in [1.165, 1.54) is 38.1 Å². The fourth-order valence-electron chi connectivity index (χ4n) is 4.68. The summed E-state index contributed by atoms with van der Waals surface area (Å²) in [5.74, 6) is -0.844. The second-order valence-corrected chi connectivity index (χ2v) is 20.1. The highest BCUT2D eigenvalue weighted by atomic mass is 28.4. The number of hydrogen-bond acceptors (Lipinski definition) is 4. The van der Waals surface area contributed by atoms with Gasteiger partial charge in [0.25, 0.3) is 0 Å². The van der Waals surface area contributed by atoms with Crippen LogP contribution in [0.4, 0.5) is 0 Å². The van der Waals surface area contributed by atoms with Crippen molar-refractivity contribution in [2.45, 2.75) is 122 Å². The molecule has 0 aromatic heterocycles. The third kappa shape index (κ3) is 10.4. The highest BCUT2D eigenvalue weighted by Crippen LogP contribution is 2.42. The van der Waals surface area contributed by atoms with E-state index in [4.69, 9.17) is 8.85 Å². The minimum atomic E-state index is -2.19. The molecule has 0 fully saturated rings. The Kier molecular flexibility index (Phi) is 14.7. The minimum absolute atomic E-state index is 0.386. The third-order valence-corrected chi connectivity index (χ3v) is 15.4. The summed E-state index contributed by atoms with van der Waals surface area (Å²) in [5, 5.41) is 13.1. The predicted molar refractivity (Wildman–Crippen MR) is 133 cm³/mol. The number of nitrogens with one attached hydrogen (secondary N) is 1. The first-order valence-corrected chi connectivity index (χ1v) is 17.3. The van der Waals surface area contributed by atoms with Crippen LogP contribution < -0.4 is 5.32 Å². The number of rotatable bonds is 18. The molecule has 0 aliphatic rings. The van der Waals surface area contributed by atoms with Gasteiger partial charge in [0.2, 0.25) is 8.32 Å². The van der Waals surface area contributed by atoms with Gasteiger partial charge in [-0.2, -0.15) is 0 Å². The summed E-state index contributed by atoms with van der Waals surface area (Å²) in [6.07, 6.45) is 6.62. The number of carbonyl (C=O) groups is 1. The Labute approximate surface area is 189 Å². The van der Waals surface area contributed by atoms with Gasteiger partial charge in [-0.3, -0.25) is 0 Å². The molecular weight excluding hydrogens is 410 g/mol. The molecule has 2 N–H and O–H groups in total. The Morgan fingerprint density at radius 1 is 0.867 bits per heavy atom. The standard InChI is InChI=1S/C23H51NO4Si2/c1-19(2)30(20(3)4,21(5)6)28-22(23(25)26)18-24-16-14-12-10-11-13-15-17-29(8,9)27-7/h19-22,24H,10-18H2,1-9H3,(H,25,26). The summed E-state index contributed by atoms with van der Waals surface area (Å²) in [6.45, 7) is 19.0. The fraction of sp³-hybridized carbons (Fsp3) is 0.957. The number of carboxylic acids is 1. The monoisotopic (exact) mass is 461 g/mol. The zero-order valence-electron chi connectivity index (χ0n) is 21.3. The normalized spacial score (nSPS) is 14.1. The first kappa shape index (κ1) is 29.8. The van der Waals surface area contributed by atoms with Crippen LogP contribution in [-0.2, 0) is 13.6 Å². The predicted octanol–water partition coefficient (Wildman–Crippen LogP) is 6.41. The Hall–Kier alpha value is -0.216. The maximum atomic E-state index is 11.9. The maximum absolute atomic E-state index is 11.9. The first-order valence-electron chi connectivity index (χ1n) is 12.1. The molecule has 0 aliphatic carbocycles. The molecule has 1 unspecified atom stereocenters. The molecule has 1 atom stereocenters. The quantitative estimate of drug-likeness (QED) is 0.182. The van der Waals surface area contributed by atoms with Gasteiger partial charge in [-0.05, 0) is 48.7 Å². The van der Waals surface area contributed by atoms with Crippen molar-refractivity contribution in [2.75, 3.05) is 20.2 Å². The molecule has 7 heteroatoms. The van der Waals surface area contributed by atoms with Crippen LogP contribution in [0.2, 0.25) is 35.8 Å². The highest BCUT2D eigenvalue weighted by Gasteiger charge is 2.47. The van der Waals surface area contributed by atoms with Gasteiger partial charge in [0, 0.05) is 13.7 Å². The molecule has 0 saturated heterocycles. The van der Waals surface area contributed by atoms with Gasteiger partial charge in [0.1, 0.15) is 0 Å². The molecule has 30 heavy (non-hydrogen) atoms. The van der Waals surface area contributed by atoms with Gasteiger partial charge >= 0.3 is 5.97 Å². The summed E-state index contributed by atoms with van der Waals surface area (Å²) in [6, 6.07) is 1.25. The topological polar surface area (TPSA) is 67.8 Å². The maximum Gasteiger partial charge on any atom is 0.332 e. The van der Waals surface area contributed by atoms with Crippen LogP contribution in [0.25, 0.3) is 0 Å². The number of hydrogen-bond donors (Lipinski definition) is 2. The molecular formula is C23H51NO4Si2. The van der Waals surface area contributed by atoms with Gasteiger partial charge in [-0.1, -0.05) is 73.6 Å². The zero-order valence-corrected chi connectivity index (χ0v) is 23.3. The van der Waals surface area contributed by atoms with Gasteiger partial charge in [0.15, 0.2) is 14.4 Å². The van der Waals surface area contributed by atoms with E-state index in [-0.39, 0.29) is 0 Å². The van der Waals surface area contributed by atoms with Gasteiger partial charge in [0.05, 0.1) is 0 Å². The Balaban J connectivity index is 4.26. The Bertz CT molecular complexity index is 448. The third-order valence-electron chi connectivity index (χ3n) is 6.59. The van der Waals surface area contributed by atoms with Crippen molar-refractivity contribution in [3.05, 3.63) is 0 Å². The van der Waals surface area contributed by atoms with Crippen LogP contribution in [0.15, 0.2) is 0 Å². The Morgan fingerprint density at radius 2 is 1.33 bits per heavy atom. The van der Waals surface area contributed by atoms with Crippen LogP contribution in [0.3, 0.4) is 0 Å². The van der Waals surface area contributed by atoms with E-state index >= 15 is 0 Å². The van der Waals surface area contributed by atoms with Crippen LogP contribution in [0.1, 0.15) is 80.1 Å². The van der Waals surface area contributed by atoms with Crippen molar-refractivity contribution in [1.82, 2.24) is 5.32 Å². The van der Waals surface area contributed by atoms with Gasteiger partial charge in [-0.25, -0.2) is 4.79 Å². The molecule has 180 valence electrons. The number of carboxylic acid groups (broad SMARTS) is 1. The molecule has 0 saturated carbocycles. The lowest BCUT2D eigenvalue weighted by Crippen LogP contribution is -2.53. The lowest BCUT2D eigenvalue weighted by atomic mass is 10.1. The molecule has 5 nitrogen and oxygen atoms in total. The lowest BCUT2D eigenvalue weighted by Gasteiger charge is -2.43. The van der Waals surface area contributed by atoms with Crippen LogP contribution >= 0.6 is 0 Å². The minimum Gasteiger partial charge on any atom is -0.479 e. The fourth-order valence-corrected chi connectivity index (χ4v) is 11.5. The average Bonchev–Trinajstić information content (AvgIpc) is 2.64. The zero-order chi connectivity index (χ0) is 23.4. The molecule has 0 aliphatic heterocycles. The average molecular weight is 462 g/mol. The molecule has 0 amide bonds. The molecule has 0 aromatic carbocycles. The van der Waals surface area contributed by atoms with E-state index < -0.39 is 28.7 Å². The largest absolute Gasteiger partial charge is 0.479 e.